The topological polar surface area (TPSA) is 67.1 Å². The highest BCUT2D eigenvalue weighted by Gasteiger charge is 2.23. The molecule has 0 unspecified atom stereocenters. The lowest BCUT2D eigenvalue weighted by Crippen LogP contribution is -2.43. The largest absolute Gasteiger partial charge is 0.376 e. The van der Waals surface area contributed by atoms with Crippen LogP contribution in [0.1, 0.15) is 11.3 Å². The van der Waals surface area contributed by atoms with Gasteiger partial charge >= 0.3 is 0 Å². The molecule has 2 N–H and O–H groups in total. The number of piperazine rings is 1. The molecular weight excluding hydrogens is 434 g/mol. The van der Waals surface area contributed by atoms with Gasteiger partial charge < -0.3 is 19.7 Å². The number of benzene rings is 1. The van der Waals surface area contributed by atoms with Gasteiger partial charge in [-0.05, 0) is 43.0 Å². The summed E-state index contributed by atoms with van der Waals surface area (Å²) in [5, 5.41) is 9.06. The Morgan fingerprint density at radius 1 is 0.971 bits per heavy atom. The maximum Gasteiger partial charge on any atom is 0.116 e. The van der Waals surface area contributed by atoms with Crippen molar-refractivity contribution in [3.63, 3.8) is 0 Å². The molecule has 2 aliphatic rings. The third kappa shape index (κ3) is 4.02. The third-order valence-electron chi connectivity index (χ3n) is 7.12. The number of nitrogens with one attached hydrogen (secondary N) is 2. The SMILES string of the molecule is CN1CCN(C2=CC=CCc3[nH]c(-c4n[nH]c5ccc(-c6cncc(N(C)C)c6)cc45)cc32)CC1. The maximum absolute atomic E-state index is 4.72. The van der Waals surface area contributed by atoms with Crippen LogP contribution < -0.4 is 4.90 Å². The fraction of sp³-hybridized carbons (Fsp3) is 0.286. The van der Waals surface area contributed by atoms with Gasteiger partial charge in [0.15, 0.2) is 0 Å². The lowest BCUT2D eigenvalue weighted by molar-refractivity contribution is 0.207. The summed E-state index contributed by atoms with van der Waals surface area (Å²) in [5.41, 5.74) is 10.2. The second-order valence-corrected chi connectivity index (χ2v) is 9.71. The molecule has 1 aromatic carbocycles. The van der Waals surface area contributed by atoms with Gasteiger partial charge in [0.25, 0.3) is 0 Å². The molecule has 7 heteroatoms. The Hall–Kier alpha value is -3.84. The molecule has 1 saturated heterocycles. The normalized spacial score (nSPS) is 16.3. The summed E-state index contributed by atoms with van der Waals surface area (Å²) >= 11 is 0. The van der Waals surface area contributed by atoms with Crippen molar-refractivity contribution in [2.75, 3.05) is 52.2 Å². The second-order valence-electron chi connectivity index (χ2n) is 9.71. The molecule has 178 valence electrons. The van der Waals surface area contributed by atoms with Crippen molar-refractivity contribution in [3.05, 3.63) is 72.2 Å². The summed E-state index contributed by atoms with van der Waals surface area (Å²) in [6.07, 6.45) is 11.4. The Bertz CT molecular complexity index is 1430. The van der Waals surface area contributed by atoms with Crippen LogP contribution >= 0.6 is 0 Å². The molecule has 4 heterocycles. The Morgan fingerprint density at radius 2 is 1.83 bits per heavy atom. The van der Waals surface area contributed by atoms with E-state index >= 15 is 0 Å². The molecule has 1 aliphatic carbocycles. The molecule has 0 atom stereocenters. The van der Waals surface area contributed by atoms with Gasteiger partial charge in [-0.25, -0.2) is 0 Å². The van der Waals surface area contributed by atoms with Crippen LogP contribution in [0.25, 0.3) is 39.1 Å². The predicted molar refractivity (Wildman–Crippen MR) is 143 cm³/mol. The molecule has 0 radical (unpaired) electrons. The number of aromatic nitrogens is 4. The molecule has 1 aliphatic heterocycles. The lowest BCUT2D eigenvalue weighted by atomic mass is 10.0. The molecule has 0 spiro atoms. The Labute approximate surface area is 205 Å². The fourth-order valence-electron chi connectivity index (χ4n) is 5.00. The van der Waals surface area contributed by atoms with Gasteiger partial charge in [-0.1, -0.05) is 18.2 Å². The van der Waals surface area contributed by atoms with Crippen molar-refractivity contribution in [2.24, 2.45) is 0 Å². The number of nitrogens with zero attached hydrogens (tertiary/aromatic N) is 5. The van der Waals surface area contributed by atoms with Gasteiger partial charge in [0.2, 0.25) is 0 Å². The zero-order valence-electron chi connectivity index (χ0n) is 20.5. The van der Waals surface area contributed by atoms with Crippen molar-refractivity contribution in [1.29, 1.82) is 0 Å². The van der Waals surface area contributed by atoms with Crippen molar-refractivity contribution < 1.29 is 0 Å². The van der Waals surface area contributed by atoms with Crippen molar-refractivity contribution >= 4 is 22.3 Å². The molecule has 1 fully saturated rings. The molecule has 0 saturated carbocycles. The number of aromatic amines is 2. The molecular formula is C28H31N7. The van der Waals surface area contributed by atoms with Crippen molar-refractivity contribution in [1.82, 2.24) is 30.0 Å². The number of fused-ring (bicyclic) bond motifs is 2. The number of rotatable bonds is 4. The van der Waals surface area contributed by atoms with E-state index in [0.717, 1.165) is 71.7 Å². The fourth-order valence-corrected chi connectivity index (χ4v) is 5.00. The number of allylic oxidation sites excluding steroid dienone is 3. The van der Waals surface area contributed by atoms with Gasteiger partial charge in [0.1, 0.15) is 5.69 Å². The van der Waals surface area contributed by atoms with Gasteiger partial charge in [-0.15, -0.1) is 0 Å². The van der Waals surface area contributed by atoms with Crippen LogP contribution in [0, 0.1) is 0 Å². The first-order valence-corrected chi connectivity index (χ1v) is 12.2. The maximum atomic E-state index is 4.72. The third-order valence-corrected chi connectivity index (χ3v) is 7.12. The van der Waals surface area contributed by atoms with E-state index in [-0.39, 0.29) is 0 Å². The highest BCUT2D eigenvalue weighted by molar-refractivity contribution is 5.95. The number of anilines is 1. The standard InChI is InChI=1S/C28H31N7/c1-33(2)21-14-20(17-29-18-21)19-8-9-25-23(15-19)28(32-31-25)26-16-22-24(30-26)6-4-5-7-27(22)35-12-10-34(3)11-13-35/h4-5,7-9,14-18,30H,6,10-13H2,1-3H3,(H,31,32). The van der Waals surface area contributed by atoms with E-state index < -0.39 is 0 Å². The zero-order chi connectivity index (χ0) is 23.9. The van der Waals surface area contributed by atoms with Crippen LogP contribution in [0.15, 0.2) is 61.0 Å². The molecule has 4 aromatic rings. The first-order chi connectivity index (χ1) is 17.1. The van der Waals surface area contributed by atoms with Gasteiger partial charge in [0, 0.05) is 80.8 Å². The second kappa shape index (κ2) is 8.74. The summed E-state index contributed by atoms with van der Waals surface area (Å²) in [7, 11) is 6.27. The van der Waals surface area contributed by atoms with Crippen LogP contribution in [0.5, 0.6) is 0 Å². The first-order valence-electron chi connectivity index (χ1n) is 12.2. The van der Waals surface area contributed by atoms with Crippen LogP contribution in [0.3, 0.4) is 0 Å². The van der Waals surface area contributed by atoms with Crippen molar-refractivity contribution in [3.8, 4) is 22.5 Å². The van der Waals surface area contributed by atoms with E-state index in [4.69, 9.17) is 5.10 Å². The highest BCUT2D eigenvalue weighted by atomic mass is 15.3. The summed E-state index contributed by atoms with van der Waals surface area (Å²) in [5.74, 6) is 0. The van der Waals surface area contributed by atoms with Crippen LogP contribution in [0.4, 0.5) is 5.69 Å². The molecule has 0 bridgehead atoms. The van der Waals surface area contributed by atoms with Crippen molar-refractivity contribution in [2.45, 2.75) is 6.42 Å². The smallest absolute Gasteiger partial charge is 0.116 e. The summed E-state index contributed by atoms with van der Waals surface area (Å²) < 4.78 is 0. The van der Waals surface area contributed by atoms with Gasteiger partial charge in [-0.3, -0.25) is 10.1 Å². The van der Waals surface area contributed by atoms with Crippen LogP contribution in [-0.2, 0) is 6.42 Å². The highest BCUT2D eigenvalue weighted by Crippen LogP contribution is 2.35. The lowest BCUT2D eigenvalue weighted by Gasteiger charge is -2.35. The number of hydrogen-bond donors (Lipinski definition) is 2. The number of hydrogen-bond acceptors (Lipinski definition) is 5. The quantitative estimate of drug-likeness (QED) is 0.468. The zero-order valence-corrected chi connectivity index (χ0v) is 20.5. The average molecular weight is 466 g/mol. The van der Waals surface area contributed by atoms with E-state index in [1.165, 1.54) is 17.0 Å². The minimum Gasteiger partial charge on any atom is -0.376 e. The monoisotopic (exact) mass is 465 g/mol. The van der Waals surface area contributed by atoms with Crippen LogP contribution in [-0.4, -0.2) is 77.3 Å². The van der Waals surface area contributed by atoms with Crippen LogP contribution in [0.2, 0.25) is 0 Å². The average Bonchev–Trinajstić information content (AvgIpc) is 3.43. The number of likely N-dealkylation sites (N-methyl/N-ethyl adjacent to an activating group) is 1. The first kappa shape index (κ1) is 21.7. The summed E-state index contributed by atoms with van der Waals surface area (Å²) in [6, 6.07) is 10.9. The van der Waals surface area contributed by atoms with E-state index in [1.807, 2.05) is 26.5 Å². The van der Waals surface area contributed by atoms with E-state index in [2.05, 4.69) is 85.4 Å². The van der Waals surface area contributed by atoms with E-state index in [1.54, 1.807) is 0 Å². The van der Waals surface area contributed by atoms with Gasteiger partial charge in [-0.2, -0.15) is 5.10 Å². The molecule has 3 aromatic heterocycles. The Kier molecular flexibility index (Phi) is 5.41. The Balaban J connectivity index is 1.39. The summed E-state index contributed by atoms with van der Waals surface area (Å²) in [6.45, 7) is 4.27. The number of H-pyrrole nitrogens is 2. The van der Waals surface area contributed by atoms with E-state index in [9.17, 15) is 0 Å². The summed E-state index contributed by atoms with van der Waals surface area (Å²) in [4.78, 5) is 15.1. The molecule has 7 nitrogen and oxygen atoms in total. The molecule has 35 heavy (non-hydrogen) atoms. The minimum atomic E-state index is 0.889. The minimum absolute atomic E-state index is 0.889. The predicted octanol–water partition coefficient (Wildman–Crippen LogP) is 4.39. The van der Waals surface area contributed by atoms with Gasteiger partial charge in [0.05, 0.1) is 23.1 Å². The molecule has 0 amide bonds. The molecule has 6 rings (SSSR count). The Morgan fingerprint density at radius 3 is 2.66 bits per heavy atom. The number of pyridine rings is 1. The van der Waals surface area contributed by atoms with E-state index in [0.29, 0.717) is 0 Å².